The van der Waals surface area contributed by atoms with Crippen LogP contribution < -0.4 is 5.32 Å². The quantitative estimate of drug-likeness (QED) is 0.685. The molecule has 1 N–H and O–H groups in total. The van der Waals surface area contributed by atoms with E-state index in [1.54, 1.807) is 6.07 Å². The molecule has 0 unspecified atom stereocenters. The number of nitrogens with one attached hydrogen (secondary N) is 1. The molecule has 3 aromatic rings. The van der Waals surface area contributed by atoms with Crippen LogP contribution in [0.1, 0.15) is 46.1 Å². The Balaban J connectivity index is 1.44. The van der Waals surface area contributed by atoms with Crippen LogP contribution in [0.4, 0.5) is 0 Å². The van der Waals surface area contributed by atoms with Crippen LogP contribution in [0.3, 0.4) is 0 Å². The van der Waals surface area contributed by atoms with E-state index in [-0.39, 0.29) is 11.9 Å². The van der Waals surface area contributed by atoms with Crippen molar-refractivity contribution in [1.29, 1.82) is 0 Å². The molecule has 5 heteroatoms. The van der Waals surface area contributed by atoms with Crippen LogP contribution in [0.25, 0.3) is 11.3 Å². The van der Waals surface area contributed by atoms with Gasteiger partial charge in [-0.1, -0.05) is 47.6 Å². The molecule has 0 radical (unpaired) electrons. The Labute approximate surface area is 171 Å². The minimum Gasteiger partial charge on any atom is -0.355 e. The predicted molar refractivity (Wildman–Crippen MR) is 114 cm³/mol. The van der Waals surface area contributed by atoms with Crippen LogP contribution in [0, 0.1) is 0 Å². The molecule has 29 heavy (non-hydrogen) atoms. The van der Waals surface area contributed by atoms with Crippen LogP contribution in [0.5, 0.6) is 0 Å². The van der Waals surface area contributed by atoms with Gasteiger partial charge in [0.15, 0.2) is 11.5 Å². The number of carbonyl (C=O) groups is 1. The van der Waals surface area contributed by atoms with E-state index >= 15 is 0 Å². The summed E-state index contributed by atoms with van der Waals surface area (Å²) in [6.07, 6.45) is 4.75. The third-order valence-electron chi connectivity index (χ3n) is 5.64. The maximum absolute atomic E-state index is 12.6. The number of rotatable bonds is 6. The van der Waals surface area contributed by atoms with Gasteiger partial charge in [0.2, 0.25) is 0 Å². The topological polar surface area (TPSA) is 58.4 Å². The highest BCUT2D eigenvalue weighted by Gasteiger charge is 2.19. The van der Waals surface area contributed by atoms with Gasteiger partial charge in [-0.3, -0.25) is 4.79 Å². The largest absolute Gasteiger partial charge is 0.355 e. The molecule has 0 fully saturated rings. The van der Waals surface area contributed by atoms with Crippen LogP contribution in [-0.2, 0) is 12.8 Å². The van der Waals surface area contributed by atoms with E-state index in [4.69, 9.17) is 4.52 Å². The number of aryl methyl sites for hydroxylation is 2. The van der Waals surface area contributed by atoms with E-state index in [1.165, 1.54) is 24.0 Å². The lowest BCUT2D eigenvalue weighted by molar-refractivity contribution is 0.0933. The lowest BCUT2D eigenvalue weighted by Gasteiger charge is -2.24. The predicted octanol–water partition coefficient (Wildman–Crippen LogP) is 4.25. The second kappa shape index (κ2) is 8.62. The van der Waals surface area contributed by atoms with Crippen LogP contribution >= 0.6 is 0 Å². The van der Waals surface area contributed by atoms with Crippen molar-refractivity contribution in [1.82, 2.24) is 15.4 Å². The fourth-order valence-corrected chi connectivity index (χ4v) is 3.96. The maximum atomic E-state index is 12.6. The molecule has 1 aliphatic carbocycles. The van der Waals surface area contributed by atoms with Crippen molar-refractivity contribution in [3.63, 3.8) is 0 Å². The number of aromatic nitrogens is 1. The molecule has 0 saturated heterocycles. The van der Waals surface area contributed by atoms with Gasteiger partial charge in [0.25, 0.3) is 5.91 Å². The Bertz CT molecular complexity index is 979. The maximum Gasteiger partial charge on any atom is 0.273 e. The van der Waals surface area contributed by atoms with Crippen LogP contribution in [-0.4, -0.2) is 36.6 Å². The monoisotopic (exact) mass is 389 g/mol. The van der Waals surface area contributed by atoms with E-state index in [0.29, 0.717) is 18.0 Å². The van der Waals surface area contributed by atoms with Gasteiger partial charge in [-0.15, -0.1) is 0 Å². The van der Waals surface area contributed by atoms with E-state index in [2.05, 4.69) is 45.7 Å². The summed E-state index contributed by atoms with van der Waals surface area (Å²) in [5.41, 5.74) is 5.25. The van der Waals surface area contributed by atoms with Gasteiger partial charge >= 0.3 is 0 Å². The Morgan fingerprint density at radius 1 is 1.07 bits per heavy atom. The first kappa shape index (κ1) is 19.4. The lowest BCUT2D eigenvalue weighted by Crippen LogP contribution is -2.34. The third-order valence-corrected chi connectivity index (χ3v) is 5.64. The number of likely N-dealkylation sites (N-methyl/N-ethyl adjacent to an activating group) is 1. The summed E-state index contributed by atoms with van der Waals surface area (Å²) < 4.78 is 5.48. The van der Waals surface area contributed by atoms with Crippen molar-refractivity contribution >= 4 is 5.91 Å². The van der Waals surface area contributed by atoms with Crippen molar-refractivity contribution in [3.8, 4) is 11.3 Å². The smallest absolute Gasteiger partial charge is 0.273 e. The number of carbonyl (C=O) groups excluding carboxylic acids is 1. The Morgan fingerprint density at radius 3 is 2.59 bits per heavy atom. The van der Waals surface area contributed by atoms with Crippen LogP contribution in [0.15, 0.2) is 59.1 Å². The molecule has 2 aromatic carbocycles. The van der Waals surface area contributed by atoms with Gasteiger partial charge in [-0.2, -0.15) is 0 Å². The fourth-order valence-electron chi connectivity index (χ4n) is 3.96. The third kappa shape index (κ3) is 4.40. The molecule has 0 aliphatic heterocycles. The zero-order chi connectivity index (χ0) is 20.2. The van der Waals surface area contributed by atoms with Gasteiger partial charge in [-0.25, -0.2) is 0 Å². The highest BCUT2D eigenvalue weighted by atomic mass is 16.5. The van der Waals surface area contributed by atoms with Gasteiger partial charge < -0.3 is 14.7 Å². The van der Waals surface area contributed by atoms with Crippen molar-refractivity contribution in [3.05, 3.63) is 77.0 Å². The van der Waals surface area contributed by atoms with E-state index < -0.39 is 0 Å². The molecule has 4 rings (SSSR count). The molecule has 0 spiro atoms. The lowest BCUT2D eigenvalue weighted by atomic mass is 9.90. The zero-order valence-electron chi connectivity index (χ0n) is 17.0. The summed E-state index contributed by atoms with van der Waals surface area (Å²) in [5, 5.41) is 6.99. The molecule has 0 saturated carbocycles. The van der Waals surface area contributed by atoms with E-state index in [0.717, 1.165) is 24.0 Å². The van der Waals surface area contributed by atoms with Gasteiger partial charge in [-0.05, 0) is 62.5 Å². The van der Waals surface area contributed by atoms with Crippen molar-refractivity contribution < 1.29 is 9.32 Å². The molecule has 1 aromatic heterocycles. The molecule has 1 aliphatic rings. The minimum absolute atomic E-state index is 0.0900. The summed E-state index contributed by atoms with van der Waals surface area (Å²) in [4.78, 5) is 14.7. The Morgan fingerprint density at radius 2 is 1.83 bits per heavy atom. The summed E-state index contributed by atoms with van der Waals surface area (Å²) >= 11 is 0. The summed E-state index contributed by atoms with van der Waals surface area (Å²) in [5.74, 6) is 0.413. The van der Waals surface area contributed by atoms with Crippen LogP contribution in [0.2, 0.25) is 0 Å². The Hall–Kier alpha value is -2.92. The first-order valence-electron chi connectivity index (χ1n) is 10.2. The molecular weight excluding hydrogens is 362 g/mol. The first-order chi connectivity index (χ1) is 14.1. The highest BCUT2D eigenvalue weighted by molar-refractivity contribution is 5.93. The standard InChI is InChI=1S/C24H27N3O2/c1-27(2)22(18-9-4-3-5-10-18)16-25-24(28)21-15-23(29-26-21)20-13-12-17-8-6-7-11-19(17)14-20/h3-5,9-10,12-15,22H,6-8,11,16H2,1-2H3,(H,25,28)/t22-/m1/s1. The number of hydrogen-bond donors (Lipinski definition) is 1. The zero-order valence-corrected chi connectivity index (χ0v) is 17.0. The minimum atomic E-state index is -0.222. The van der Waals surface area contributed by atoms with E-state index in [9.17, 15) is 4.79 Å². The number of benzene rings is 2. The molecule has 1 amide bonds. The number of nitrogens with zero attached hydrogens (tertiary/aromatic N) is 2. The van der Waals surface area contributed by atoms with Crippen molar-refractivity contribution in [2.45, 2.75) is 31.7 Å². The average Bonchev–Trinajstić information content (AvgIpc) is 3.24. The molecule has 5 nitrogen and oxygen atoms in total. The average molecular weight is 389 g/mol. The summed E-state index contributed by atoms with van der Waals surface area (Å²) in [6, 6.07) is 18.4. The molecule has 0 bridgehead atoms. The Kier molecular flexibility index (Phi) is 5.76. The summed E-state index contributed by atoms with van der Waals surface area (Å²) in [6.45, 7) is 0.497. The van der Waals surface area contributed by atoms with Crippen molar-refractivity contribution in [2.24, 2.45) is 0 Å². The number of fused-ring (bicyclic) bond motifs is 1. The highest BCUT2D eigenvalue weighted by Crippen LogP contribution is 2.28. The van der Waals surface area contributed by atoms with Gasteiger partial charge in [0.1, 0.15) is 0 Å². The number of hydrogen-bond acceptors (Lipinski definition) is 4. The number of amides is 1. The van der Waals surface area contributed by atoms with Gasteiger partial charge in [0, 0.05) is 18.2 Å². The van der Waals surface area contributed by atoms with E-state index in [1.807, 2.05) is 32.3 Å². The SMILES string of the molecule is CN(C)[C@H](CNC(=O)c1cc(-c2ccc3c(c2)CCCC3)on1)c1ccccc1. The molecule has 150 valence electrons. The molecule has 1 heterocycles. The second-order valence-electron chi connectivity index (χ2n) is 7.87. The second-order valence-corrected chi connectivity index (χ2v) is 7.87. The molecular formula is C24H27N3O2. The van der Waals surface area contributed by atoms with Gasteiger partial charge in [0.05, 0.1) is 6.04 Å². The normalized spacial score (nSPS) is 14.4. The summed E-state index contributed by atoms with van der Waals surface area (Å²) in [7, 11) is 4.02. The molecule has 1 atom stereocenters. The first-order valence-corrected chi connectivity index (χ1v) is 10.2. The fraction of sp³-hybridized carbons (Fsp3) is 0.333. The van der Waals surface area contributed by atoms with Crippen molar-refractivity contribution in [2.75, 3.05) is 20.6 Å².